The van der Waals surface area contributed by atoms with Crippen molar-refractivity contribution in [2.24, 2.45) is 0 Å². The predicted octanol–water partition coefficient (Wildman–Crippen LogP) is 2.79. The highest BCUT2D eigenvalue weighted by Crippen LogP contribution is 2.21. The van der Waals surface area contributed by atoms with E-state index in [9.17, 15) is 18.8 Å². The Balaban J connectivity index is 1.78. The fourth-order valence-corrected chi connectivity index (χ4v) is 2.71. The van der Waals surface area contributed by atoms with Crippen LogP contribution in [-0.4, -0.2) is 42.9 Å². The van der Waals surface area contributed by atoms with Crippen LogP contribution >= 0.6 is 22.9 Å². The summed E-state index contributed by atoms with van der Waals surface area (Å²) in [5.41, 5.74) is 0.410. The summed E-state index contributed by atoms with van der Waals surface area (Å²) >= 11 is 6.76. The third-order valence-corrected chi connectivity index (χ3v) is 4.25. The third kappa shape index (κ3) is 5.84. The van der Waals surface area contributed by atoms with Gasteiger partial charge in [-0.2, -0.15) is 0 Å². The number of hydrogen-bond acceptors (Lipinski definition) is 5. The van der Waals surface area contributed by atoms with E-state index in [2.05, 4.69) is 5.32 Å². The maximum Gasteiger partial charge on any atom is 0.348 e. The molecule has 0 unspecified atom stereocenters. The second kappa shape index (κ2) is 8.59. The minimum Gasteiger partial charge on any atom is -0.451 e. The molecule has 9 heteroatoms. The lowest BCUT2D eigenvalue weighted by molar-refractivity contribution is -0.136. The number of nitrogens with one attached hydrogen (secondary N) is 1. The maximum absolute atomic E-state index is 12.8. The fourth-order valence-electron chi connectivity index (χ4n) is 1.77. The predicted molar refractivity (Wildman–Crippen MR) is 92.3 cm³/mol. The lowest BCUT2D eigenvalue weighted by Crippen LogP contribution is -2.37. The molecule has 1 N–H and O–H groups in total. The van der Waals surface area contributed by atoms with Crippen LogP contribution < -0.4 is 5.32 Å². The SMILES string of the molecule is CN(CC(=O)Nc1ccc(F)cc1)C(=O)COC(=O)c1ccc(Cl)s1. The van der Waals surface area contributed by atoms with Crippen LogP contribution in [-0.2, 0) is 14.3 Å². The highest BCUT2D eigenvalue weighted by atomic mass is 35.5. The summed E-state index contributed by atoms with van der Waals surface area (Å²) < 4.78 is 18.1. The second-order valence-corrected chi connectivity index (χ2v) is 6.70. The Morgan fingerprint density at radius 3 is 2.48 bits per heavy atom. The van der Waals surface area contributed by atoms with Crippen molar-refractivity contribution in [3.63, 3.8) is 0 Å². The van der Waals surface area contributed by atoms with Gasteiger partial charge in [-0.25, -0.2) is 9.18 Å². The van der Waals surface area contributed by atoms with Gasteiger partial charge in [0.05, 0.1) is 10.9 Å². The molecule has 0 saturated carbocycles. The molecule has 1 heterocycles. The number of benzene rings is 1. The lowest BCUT2D eigenvalue weighted by Gasteiger charge is -2.16. The molecule has 0 fully saturated rings. The number of carbonyl (C=O) groups excluding carboxylic acids is 3. The van der Waals surface area contributed by atoms with Gasteiger partial charge in [0.25, 0.3) is 5.91 Å². The van der Waals surface area contributed by atoms with Crippen molar-refractivity contribution in [1.29, 1.82) is 0 Å². The number of likely N-dealkylation sites (N-methyl/N-ethyl adjacent to an activating group) is 1. The molecule has 0 spiro atoms. The van der Waals surface area contributed by atoms with Crippen molar-refractivity contribution in [1.82, 2.24) is 4.90 Å². The van der Waals surface area contributed by atoms with Crippen molar-refractivity contribution >= 4 is 46.4 Å². The van der Waals surface area contributed by atoms with Crippen LogP contribution in [0.15, 0.2) is 36.4 Å². The van der Waals surface area contributed by atoms with E-state index < -0.39 is 30.2 Å². The first-order valence-corrected chi connectivity index (χ1v) is 8.26. The quantitative estimate of drug-likeness (QED) is 0.777. The zero-order valence-electron chi connectivity index (χ0n) is 13.1. The Kier molecular flexibility index (Phi) is 6.49. The molecular weight excluding hydrogens is 371 g/mol. The number of amides is 2. The number of rotatable bonds is 6. The molecule has 0 aliphatic carbocycles. The highest BCUT2D eigenvalue weighted by Gasteiger charge is 2.17. The van der Waals surface area contributed by atoms with Crippen molar-refractivity contribution in [3.8, 4) is 0 Å². The molecular formula is C16H14ClFN2O4S. The van der Waals surface area contributed by atoms with E-state index in [-0.39, 0.29) is 11.4 Å². The summed E-state index contributed by atoms with van der Waals surface area (Å²) in [6.45, 7) is -0.729. The van der Waals surface area contributed by atoms with Gasteiger partial charge in [0, 0.05) is 12.7 Å². The van der Waals surface area contributed by atoms with Gasteiger partial charge in [-0.1, -0.05) is 11.6 Å². The fraction of sp³-hybridized carbons (Fsp3) is 0.188. The smallest absolute Gasteiger partial charge is 0.348 e. The first-order chi connectivity index (χ1) is 11.8. The Bertz CT molecular complexity index is 779. The van der Waals surface area contributed by atoms with Crippen LogP contribution in [0.4, 0.5) is 10.1 Å². The molecule has 0 atom stereocenters. The van der Waals surface area contributed by atoms with Gasteiger partial charge in [-0.3, -0.25) is 9.59 Å². The van der Waals surface area contributed by atoms with Gasteiger partial charge >= 0.3 is 5.97 Å². The van der Waals surface area contributed by atoms with Crippen LogP contribution in [0.1, 0.15) is 9.67 Å². The standard InChI is InChI=1S/C16H14ClFN2O4S/c1-20(8-14(21)19-11-4-2-10(18)3-5-11)15(22)9-24-16(23)12-6-7-13(17)25-12/h2-7H,8-9H2,1H3,(H,19,21). The number of esters is 1. The molecule has 0 radical (unpaired) electrons. The zero-order chi connectivity index (χ0) is 18.4. The first kappa shape index (κ1) is 18.9. The summed E-state index contributed by atoms with van der Waals surface area (Å²) in [5.74, 6) is -2.07. The van der Waals surface area contributed by atoms with Crippen LogP contribution in [0.25, 0.3) is 0 Å². The minimum absolute atomic E-state index is 0.238. The van der Waals surface area contributed by atoms with Gasteiger partial charge in [0.15, 0.2) is 6.61 Å². The molecule has 132 valence electrons. The number of carbonyl (C=O) groups is 3. The number of halogens is 2. The molecule has 2 rings (SSSR count). The van der Waals surface area contributed by atoms with Gasteiger partial charge in [0.2, 0.25) is 5.91 Å². The van der Waals surface area contributed by atoms with Gasteiger partial charge in [-0.15, -0.1) is 11.3 Å². The minimum atomic E-state index is -0.658. The number of ether oxygens (including phenoxy) is 1. The molecule has 0 aliphatic rings. The number of thiophene rings is 1. The van der Waals surface area contributed by atoms with E-state index >= 15 is 0 Å². The van der Waals surface area contributed by atoms with Gasteiger partial charge < -0.3 is 15.0 Å². The van der Waals surface area contributed by atoms with Crippen molar-refractivity contribution in [2.75, 3.05) is 25.5 Å². The van der Waals surface area contributed by atoms with Crippen LogP contribution in [0, 0.1) is 5.82 Å². The van der Waals surface area contributed by atoms with E-state index in [0.717, 1.165) is 16.2 Å². The molecule has 2 aromatic rings. The molecule has 0 aliphatic heterocycles. The zero-order valence-corrected chi connectivity index (χ0v) is 14.7. The Labute approximate surface area is 152 Å². The summed E-state index contributed by atoms with van der Waals surface area (Å²) in [6.07, 6.45) is 0. The van der Waals surface area contributed by atoms with E-state index in [1.54, 1.807) is 6.07 Å². The summed E-state index contributed by atoms with van der Waals surface area (Å²) in [5, 5.41) is 2.53. The first-order valence-electron chi connectivity index (χ1n) is 7.07. The monoisotopic (exact) mass is 384 g/mol. The molecule has 6 nitrogen and oxygen atoms in total. The van der Waals surface area contributed by atoms with E-state index in [1.165, 1.54) is 37.4 Å². The molecule has 1 aromatic heterocycles. The van der Waals surface area contributed by atoms with Crippen LogP contribution in [0.5, 0.6) is 0 Å². The van der Waals surface area contributed by atoms with E-state index in [4.69, 9.17) is 16.3 Å². The number of hydrogen-bond donors (Lipinski definition) is 1. The number of anilines is 1. The van der Waals surface area contributed by atoms with E-state index in [0.29, 0.717) is 10.0 Å². The van der Waals surface area contributed by atoms with Crippen molar-refractivity contribution in [2.45, 2.75) is 0 Å². The normalized spacial score (nSPS) is 10.2. The highest BCUT2D eigenvalue weighted by molar-refractivity contribution is 7.17. The topological polar surface area (TPSA) is 75.7 Å². The Hall–Kier alpha value is -2.45. The molecule has 0 saturated heterocycles. The summed E-state index contributed by atoms with van der Waals surface area (Å²) in [6, 6.07) is 8.28. The van der Waals surface area contributed by atoms with Gasteiger partial charge in [0.1, 0.15) is 10.7 Å². The van der Waals surface area contributed by atoms with Crippen LogP contribution in [0.3, 0.4) is 0 Å². The Morgan fingerprint density at radius 2 is 1.88 bits per heavy atom. The maximum atomic E-state index is 12.8. The lowest BCUT2D eigenvalue weighted by atomic mass is 10.3. The summed E-state index contributed by atoms with van der Waals surface area (Å²) in [4.78, 5) is 36.9. The third-order valence-electron chi connectivity index (χ3n) is 3.04. The van der Waals surface area contributed by atoms with Crippen molar-refractivity contribution in [3.05, 3.63) is 51.4 Å². The molecule has 2 amide bonds. The Morgan fingerprint density at radius 1 is 1.20 bits per heavy atom. The second-order valence-electron chi connectivity index (χ2n) is 4.98. The average molecular weight is 385 g/mol. The van der Waals surface area contributed by atoms with Crippen LogP contribution in [0.2, 0.25) is 4.34 Å². The van der Waals surface area contributed by atoms with E-state index in [1.807, 2.05) is 0 Å². The molecule has 25 heavy (non-hydrogen) atoms. The molecule has 0 bridgehead atoms. The largest absolute Gasteiger partial charge is 0.451 e. The van der Waals surface area contributed by atoms with Crippen molar-refractivity contribution < 1.29 is 23.5 Å². The number of nitrogens with zero attached hydrogens (tertiary/aromatic N) is 1. The average Bonchev–Trinajstić information content (AvgIpc) is 3.00. The summed E-state index contributed by atoms with van der Waals surface area (Å²) in [7, 11) is 1.41. The van der Waals surface area contributed by atoms with Gasteiger partial charge in [-0.05, 0) is 36.4 Å². The molecule has 1 aromatic carbocycles.